The maximum atomic E-state index is 13.2. The molecule has 5 nitrogen and oxygen atoms in total. The molecule has 4 rings (SSSR count). The van der Waals surface area contributed by atoms with E-state index in [1.54, 1.807) is 16.0 Å². The second kappa shape index (κ2) is 7.05. The summed E-state index contributed by atoms with van der Waals surface area (Å²) >= 11 is 1.63. The summed E-state index contributed by atoms with van der Waals surface area (Å²) in [5.74, 6) is 0.00332. The first-order chi connectivity index (χ1) is 12.6. The fraction of sp³-hybridized carbons (Fsp3) is 0.300. The quantitative estimate of drug-likeness (QED) is 0.709. The van der Waals surface area contributed by atoms with Gasteiger partial charge in [0.1, 0.15) is 11.4 Å². The molecule has 0 bridgehead atoms. The standard InChI is InChI=1S/C20H21N3O2S/c1-14-5-6-17(15(2)12-14)23-18(20(24)22-7-9-25-10-8-22)13-16(21-23)19-4-3-11-26-19/h3-6,11-13H,7-10H2,1-2H3. The van der Waals surface area contributed by atoms with Gasteiger partial charge >= 0.3 is 0 Å². The zero-order chi connectivity index (χ0) is 18.1. The summed E-state index contributed by atoms with van der Waals surface area (Å²) < 4.78 is 7.18. The minimum Gasteiger partial charge on any atom is -0.378 e. The number of ether oxygens (including phenoxy) is 1. The third kappa shape index (κ3) is 3.18. The van der Waals surface area contributed by atoms with Crippen molar-refractivity contribution in [2.24, 2.45) is 0 Å². The molecule has 0 unspecified atom stereocenters. The maximum Gasteiger partial charge on any atom is 0.272 e. The normalized spacial score (nSPS) is 14.6. The first kappa shape index (κ1) is 17.0. The molecular weight excluding hydrogens is 346 g/mol. The zero-order valence-corrected chi connectivity index (χ0v) is 15.8. The van der Waals surface area contributed by atoms with Crippen LogP contribution in [0.15, 0.2) is 41.8 Å². The van der Waals surface area contributed by atoms with Gasteiger partial charge in [-0.05, 0) is 43.0 Å². The van der Waals surface area contributed by atoms with Gasteiger partial charge in [-0.3, -0.25) is 4.79 Å². The molecular formula is C20H21N3O2S. The minimum absolute atomic E-state index is 0.00332. The fourth-order valence-electron chi connectivity index (χ4n) is 3.23. The van der Waals surface area contributed by atoms with E-state index in [1.165, 1.54) is 5.56 Å². The van der Waals surface area contributed by atoms with E-state index in [1.807, 2.05) is 34.5 Å². The number of hydrogen-bond acceptors (Lipinski definition) is 4. The number of aromatic nitrogens is 2. The van der Waals surface area contributed by atoms with Gasteiger partial charge in [0.15, 0.2) is 0 Å². The Morgan fingerprint density at radius 1 is 1.15 bits per heavy atom. The van der Waals surface area contributed by atoms with Crippen LogP contribution in [-0.4, -0.2) is 46.9 Å². The molecule has 1 aromatic carbocycles. The van der Waals surface area contributed by atoms with Crippen molar-refractivity contribution in [3.05, 3.63) is 58.6 Å². The molecule has 0 spiro atoms. The number of amides is 1. The molecule has 1 aliphatic rings. The lowest BCUT2D eigenvalue weighted by Gasteiger charge is -2.27. The summed E-state index contributed by atoms with van der Waals surface area (Å²) in [6.45, 7) is 6.52. The predicted octanol–water partition coefficient (Wildman–Crippen LogP) is 3.69. The molecule has 0 radical (unpaired) electrons. The molecule has 6 heteroatoms. The highest BCUT2D eigenvalue weighted by atomic mass is 32.1. The number of benzene rings is 1. The van der Waals surface area contributed by atoms with Crippen molar-refractivity contribution in [3.8, 4) is 16.3 Å². The van der Waals surface area contributed by atoms with E-state index < -0.39 is 0 Å². The smallest absolute Gasteiger partial charge is 0.272 e. The van der Waals surface area contributed by atoms with Crippen LogP contribution in [0, 0.1) is 13.8 Å². The zero-order valence-electron chi connectivity index (χ0n) is 14.9. The van der Waals surface area contributed by atoms with E-state index in [0.29, 0.717) is 32.0 Å². The Kier molecular flexibility index (Phi) is 4.61. The predicted molar refractivity (Wildman–Crippen MR) is 103 cm³/mol. The molecule has 1 aliphatic heterocycles. The minimum atomic E-state index is 0.00332. The van der Waals surface area contributed by atoms with Crippen LogP contribution in [0.3, 0.4) is 0 Å². The summed E-state index contributed by atoms with van der Waals surface area (Å²) in [4.78, 5) is 16.1. The second-order valence-electron chi connectivity index (χ2n) is 6.50. The number of carbonyl (C=O) groups is 1. The van der Waals surface area contributed by atoms with Crippen LogP contribution < -0.4 is 0 Å². The lowest BCUT2D eigenvalue weighted by Crippen LogP contribution is -2.41. The van der Waals surface area contributed by atoms with Crippen LogP contribution in [0.1, 0.15) is 21.6 Å². The highest BCUT2D eigenvalue weighted by Crippen LogP contribution is 2.27. The van der Waals surface area contributed by atoms with Crippen molar-refractivity contribution < 1.29 is 9.53 Å². The first-order valence-corrected chi connectivity index (χ1v) is 9.60. The summed E-state index contributed by atoms with van der Waals surface area (Å²) in [6, 6.07) is 12.1. The lowest BCUT2D eigenvalue weighted by molar-refractivity contribution is 0.0297. The van der Waals surface area contributed by atoms with Gasteiger partial charge in [-0.2, -0.15) is 5.10 Å². The van der Waals surface area contributed by atoms with E-state index in [0.717, 1.165) is 21.8 Å². The van der Waals surface area contributed by atoms with Crippen LogP contribution in [0.4, 0.5) is 0 Å². The van der Waals surface area contributed by atoms with Gasteiger partial charge in [0, 0.05) is 13.1 Å². The van der Waals surface area contributed by atoms with E-state index in [-0.39, 0.29) is 5.91 Å². The maximum absolute atomic E-state index is 13.2. The Balaban J connectivity index is 1.81. The van der Waals surface area contributed by atoms with Gasteiger partial charge in [0.05, 0.1) is 23.8 Å². The van der Waals surface area contributed by atoms with Crippen molar-refractivity contribution in [2.45, 2.75) is 13.8 Å². The Hall–Kier alpha value is -2.44. The van der Waals surface area contributed by atoms with Crippen LogP contribution in [0.2, 0.25) is 0 Å². The molecule has 0 saturated carbocycles. The van der Waals surface area contributed by atoms with Crippen molar-refractivity contribution in [1.29, 1.82) is 0 Å². The second-order valence-corrected chi connectivity index (χ2v) is 7.45. The monoisotopic (exact) mass is 367 g/mol. The van der Waals surface area contributed by atoms with Crippen LogP contribution in [-0.2, 0) is 4.74 Å². The molecule has 26 heavy (non-hydrogen) atoms. The van der Waals surface area contributed by atoms with Crippen LogP contribution >= 0.6 is 11.3 Å². The number of rotatable bonds is 3. The number of hydrogen-bond donors (Lipinski definition) is 0. The average molecular weight is 367 g/mol. The van der Waals surface area contributed by atoms with E-state index >= 15 is 0 Å². The van der Waals surface area contributed by atoms with Crippen molar-refractivity contribution in [3.63, 3.8) is 0 Å². The van der Waals surface area contributed by atoms with Gasteiger partial charge in [-0.1, -0.05) is 23.8 Å². The van der Waals surface area contributed by atoms with Crippen molar-refractivity contribution in [1.82, 2.24) is 14.7 Å². The number of thiophene rings is 1. The summed E-state index contributed by atoms with van der Waals surface area (Å²) in [5, 5.41) is 6.80. The average Bonchev–Trinajstić information content (AvgIpc) is 3.31. The first-order valence-electron chi connectivity index (χ1n) is 8.72. The Morgan fingerprint density at radius 2 is 1.96 bits per heavy atom. The highest BCUT2D eigenvalue weighted by Gasteiger charge is 2.25. The number of morpholine rings is 1. The third-order valence-corrected chi connectivity index (χ3v) is 5.47. The number of nitrogens with zero attached hydrogens (tertiary/aromatic N) is 3. The van der Waals surface area contributed by atoms with Crippen LogP contribution in [0.5, 0.6) is 0 Å². The molecule has 3 heterocycles. The Labute approximate surface area is 156 Å². The molecule has 134 valence electrons. The van der Waals surface area contributed by atoms with Crippen molar-refractivity contribution >= 4 is 17.2 Å². The van der Waals surface area contributed by atoms with Crippen molar-refractivity contribution in [2.75, 3.05) is 26.3 Å². The molecule has 3 aromatic rings. The number of aryl methyl sites for hydroxylation is 2. The van der Waals surface area contributed by atoms with Gasteiger partial charge in [-0.15, -0.1) is 11.3 Å². The van der Waals surface area contributed by atoms with E-state index in [9.17, 15) is 4.79 Å². The lowest BCUT2D eigenvalue weighted by atomic mass is 10.1. The molecule has 1 saturated heterocycles. The number of carbonyl (C=O) groups excluding carboxylic acids is 1. The van der Waals surface area contributed by atoms with Crippen LogP contribution in [0.25, 0.3) is 16.3 Å². The molecule has 0 atom stereocenters. The summed E-state index contributed by atoms with van der Waals surface area (Å²) in [5.41, 5.74) is 4.66. The molecule has 1 amide bonds. The topological polar surface area (TPSA) is 47.4 Å². The largest absolute Gasteiger partial charge is 0.378 e. The molecule has 0 N–H and O–H groups in total. The highest BCUT2D eigenvalue weighted by molar-refractivity contribution is 7.13. The SMILES string of the molecule is Cc1ccc(-n2nc(-c3cccs3)cc2C(=O)N2CCOCC2)c(C)c1. The van der Waals surface area contributed by atoms with E-state index in [4.69, 9.17) is 9.84 Å². The molecule has 0 aliphatic carbocycles. The summed E-state index contributed by atoms with van der Waals surface area (Å²) in [6.07, 6.45) is 0. The molecule has 2 aromatic heterocycles. The third-order valence-electron chi connectivity index (χ3n) is 4.58. The summed E-state index contributed by atoms with van der Waals surface area (Å²) in [7, 11) is 0. The molecule has 1 fully saturated rings. The van der Waals surface area contributed by atoms with Gasteiger partial charge < -0.3 is 9.64 Å². The van der Waals surface area contributed by atoms with Gasteiger partial charge in [-0.25, -0.2) is 4.68 Å². The Bertz CT molecular complexity index is 925. The fourth-order valence-corrected chi connectivity index (χ4v) is 3.91. The van der Waals surface area contributed by atoms with Gasteiger partial charge in [0.25, 0.3) is 5.91 Å². The Morgan fingerprint density at radius 3 is 2.65 bits per heavy atom. The van der Waals surface area contributed by atoms with E-state index in [2.05, 4.69) is 26.0 Å². The van der Waals surface area contributed by atoms with Gasteiger partial charge in [0.2, 0.25) is 0 Å².